The fraction of sp³-hybridized carbons (Fsp3) is 0.167. The molecule has 0 N–H and O–H groups in total. The van der Waals surface area contributed by atoms with Gasteiger partial charge in [0.1, 0.15) is 35.1 Å². The minimum atomic E-state index is -0.687. The zero-order chi connectivity index (χ0) is 24.9. The van der Waals surface area contributed by atoms with E-state index in [1.54, 1.807) is 54.0 Å². The number of rotatable bonds is 9. The Morgan fingerprint density at radius 2 is 1.86 bits per heavy atom. The van der Waals surface area contributed by atoms with Crippen LogP contribution in [0.4, 0.5) is 8.78 Å². The van der Waals surface area contributed by atoms with E-state index in [9.17, 15) is 18.9 Å². The van der Waals surface area contributed by atoms with E-state index in [2.05, 4.69) is 26.1 Å². The highest BCUT2D eigenvalue weighted by Crippen LogP contribution is 2.41. The molecule has 0 aliphatic rings. The molecule has 35 heavy (non-hydrogen) atoms. The lowest BCUT2D eigenvalue weighted by molar-refractivity contribution is -0.479. The molecule has 0 aliphatic carbocycles. The highest BCUT2D eigenvalue weighted by atomic mass is 79.9. The van der Waals surface area contributed by atoms with Crippen molar-refractivity contribution in [3.05, 3.63) is 110 Å². The van der Waals surface area contributed by atoms with Gasteiger partial charge >= 0.3 is 0 Å². The second-order valence-electron chi connectivity index (χ2n) is 7.56. The number of ether oxygens (including phenoxy) is 1. The van der Waals surface area contributed by atoms with Gasteiger partial charge in [0.25, 0.3) is 0 Å². The molecule has 0 bridgehead atoms. The fourth-order valence-corrected chi connectivity index (χ4v) is 5.03. The Morgan fingerprint density at radius 1 is 1.09 bits per heavy atom. The summed E-state index contributed by atoms with van der Waals surface area (Å²) in [5.41, 5.74) is 1.83. The molecular weight excluding hydrogens is 542 g/mol. The molecule has 0 spiro atoms. The molecule has 4 aromatic rings. The first kappa shape index (κ1) is 24.8. The van der Waals surface area contributed by atoms with Crippen LogP contribution in [0.25, 0.3) is 5.69 Å². The molecule has 3 aromatic carbocycles. The lowest BCUT2D eigenvalue weighted by atomic mass is 10.1. The third kappa shape index (κ3) is 6.23. The predicted octanol–water partition coefficient (Wildman–Crippen LogP) is 6.31. The van der Waals surface area contributed by atoms with Crippen molar-refractivity contribution in [3.8, 4) is 11.4 Å². The molecule has 1 atom stereocenters. The first-order valence-corrected chi connectivity index (χ1v) is 12.1. The van der Waals surface area contributed by atoms with Crippen LogP contribution in [0.2, 0.25) is 0 Å². The van der Waals surface area contributed by atoms with Crippen LogP contribution in [-0.4, -0.2) is 26.2 Å². The Bertz CT molecular complexity index is 1350. The minimum Gasteiger partial charge on any atom is -0.489 e. The molecule has 4 rings (SSSR count). The Kier molecular flexibility index (Phi) is 7.76. The van der Waals surface area contributed by atoms with Crippen molar-refractivity contribution >= 4 is 27.7 Å². The molecular formula is C24H19BrF2N4O3S. The summed E-state index contributed by atoms with van der Waals surface area (Å²) < 4.78 is 35.4. The SMILES string of the molecule is Cc1nnc(S[C@H](C[N+](=O)[O-])c2cc(Br)ccc2OCc2cccc(F)c2)n1-c1ccc(F)cc1. The van der Waals surface area contributed by atoms with Gasteiger partial charge in [-0.1, -0.05) is 39.8 Å². The van der Waals surface area contributed by atoms with Gasteiger partial charge < -0.3 is 4.74 Å². The van der Waals surface area contributed by atoms with Crippen LogP contribution < -0.4 is 4.74 Å². The van der Waals surface area contributed by atoms with E-state index < -0.39 is 16.7 Å². The van der Waals surface area contributed by atoms with Crippen LogP contribution in [-0.2, 0) is 6.61 Å². The van der Waals surface area contributed by atoms with E-state index in [-0.39, 0.29) is 18.2 Å². The van der Waals surface area contributed by atoms with Crippen molar-refractivity contribution in [1.82, 2.24) is 14.8 Å². The number of benzene rings is 3. The van der Waals surface area contributed by atoms with Gasteiger partial charge in [0, 0.05) is 20.6 Å². The van der Waals surface area contributed by atoms with Gasteiger partial charge in [0.15, 0.2) is 5.16 Å². The zero-order valence-corrected chi connectivity index (χ0v) is 20.8. The van der Waals surface area contributed by atoms with Crippen LogP contribution in [0.3, 0.4) is 0 Å². The maximum Gasteiger partial charge on any atom is 0.220 e. The standard InChI is InChI=1S/C24H19BrF2N4O3S/c1-15-28-29-24(31(15)20-8-6-18(26)7-9-20)35-23(13-30(32)33)21-12-17(25)5-10-22(21)34-14-16-3-2-4-19(27)11-16/h2-12,23H,13-14H2,1H3/t23-/m1/s1. The lowest BCUT2D eigenvalue weighted by Gasteiger charge is -2.18. The normalized spacial score (nSPS) is 11.9. The van der Waals surface area contributed by atoms with Gasteiger partial charge in [-0.25, -0.2) is 8.78 Å². The van der Waals surface area contributed by atoms with Crippen molar-refractivity contribution in [2.24, 2.45) is 0 Å². The van der Waals surface area contributed by atoms with E-state index in [1.807, 2.05) is 0 Å². The monoisotopic (exact) mass is 560 g/mol. The van der Waals surface area contributed by atoms with Gasteiger partial charge in [0.05, 0.1) is 0 Å². The molecule has 11 heteroatoms. The zero-order valence-electron chi connectivity index (χ0n) is 18.4. The van der Waals surface area contributed by atoms with Gasteiger partial charge in [-0.05, 0) is 67.1 Å². The molecule has 0 aliphatic heterocycles. The molecule has 1 heterocycles. The molecule has 0 amide bonds. The van der Waals surface area contributed by atoms with Gasteiger partial charge in [-0.3, -0.25) is 14.7 Å². The number of nitrogens with zero attached hydrogens (tertiary/aromatic N) is 4. The van der Waals surface area contributed by atoms with Crippen LogP contribution >= 0.6 is 27.7 Å². The molecule has 0 radical (unpaired) electrons. The first-order chi connectivity index (χ1) is 16.8. The minimum absolute atomic E-state index is 0.0904. The van der Waals surface area contributed by atoms with E-state index in [1.165, 1.54) is 24.3 Å². The third-order valence-corrected chi connectivity index (χ3v) is 6.70. The average molecular weight is 561 g/mol. The number of aryl methyl sites for hydroxylation is 1. The van der Waals surface area contributed by atoms with E-state index >= 15 is 0 Å². The summed E-state index contributed by atoms with van der Waals surface area (Å²) >= 11 is 4.59. The number of aromatic nitrogens is 3. The van der Waals surface area contributed by atoms with Crippen LogP contribution in [0.15, 0.2) is 76.4 Å². The molecule has 180 valence electrons. The third-order valence-electron chi connectivity index (χ3n) is 5.04. The number of hydrogen-bond donors (Lipinski definition) is 0. The number of thioether (sulfide) groups is 1. The van der Waals surface area contributed by atoms with Crippen molar-refractivity contribution in [1.29, 1.82) is 0 Å². The Balaban J connectivity index is 1.68. The van der Waals surface area contributed by atoms with Gasteiger partial charge in [-0.2, -0.15) is 0 Å². The van der Waals surface area contributed by atoms with Crippen molar-refractivity contribution in [3.63, 3.8) is 0 Å². The quantitative estimate of drug-likeness (QED) is 0.135. The maximum absolute atomic E-state index is 13.6. The average Bonchev–Trinajstić information content (AvgIpc) is 3.18. The first-order valence-electron chi connectivity index (χ1n) is 10.4. The summed E-state index contributed by atoms with van der Waals surface area (Å²) in [4.78, 5) is 11.2. The molecule has 0 saturated heterocycles. The fourth-order valence-electron chi connectivity index (χ4n) is 3.46. The molecule has 7 nitrogen and oxygen atoms in total. The summed E-state index contributed by atoms with van der Waals surface area (Å²) in [5.74, 6) is 0.228. The van der Waals surface area contributed by atoms with Crippen molar-refractivity contribution in [2.45, 2.75) is 23.9 Å². The molecule has 0 unspecified atom stereocenters. The van der Waals surface area contributed by atoms with Crippen molar-refractivity contribution < 1.29 is 18.4 Å². The smallest absolute Gasteiger partial charge is 0.220 e. The van der Waals surface area contributed by atoms with Crippen LogP contribution in [0, 0.1) is 28.7 Å². The predicted molar refractivity (Wildman–Crippen MR) is 131 cm³/mol. The Hall–Kier alpha value is -3.31. The maximum atomic E-state index is 13.6. The Labute approximate surface area is 212 Å². The molecule has 0 fully saturated rings. The molecule has 1 aromatic heterocycles. The summed E-state index contributed by atoms with van der Waals surface area (Å²) in [6.45, 7) is 1.43. The summed E-state index contributed by atoms with van der Waals surface area (Å²) in [6.07, 6.45) is 0. The Morgan fingerprint density at radius 3 is 2.57 bits per heavy atom. The van der Waals surface area contributed by atoms with Gasteiger partial charge in [-0.15, -0.1) is 10.2 Å². The van der Waals surface area contributed by atoms with Crippen molar-refractivity contribution in [2.75, 3.05) is 6.54 Å². The van der Waals surface area contributed by atoms with Crippen LogP contribution in [0.1, 0.15) is 22.2 Å². The van der Waals surface area contributed by atoms with E-state index in [0.717, 1.165) is 16.2 Å². The second-order valence-corrected chi connectivity index (χ2v) is 9.65. The summed E-state index contributed by atoms with van der Waals surface area (Å²) in [6, 6.07) is 17.1. The summed E-state index contributed by atoms with van der Waals surface area (Å²) in [7, 11) is 0. The van der Waals surface area contributed by atoms with Crippen LogP contribution in [0.5, 0.6) is 5.75 Å². The number of hydrogen-bond acceptors (Lipinski definition) is 6. The lowest BCUT2D eigenvalue weighted by Crippen LogP contribution is -2.13. The highest BCUT2D eigenvalue weighted by Gasteiger charge is 2.27. The largest absolute Gasteiger partial charge is 0.489 e. The highest BCUT2D eigenvalue weighted by molar-refractivity contribution is 9.10. The number of nitro groups is 1. The van der Waals surface area contributed by atoms with E-state index in [4.69, 9.17) is 4.74 Å². The summed E-state index contributed by atoms with van der Waals surface area (Å²) in [5, 5.41) is 19.6. The topological polar surface area (TPSA) is 83.1 Å². The number of halogens is 3. The van der Waals surface area contributed by atoms with Gasteiger partial charge in [0.2, 0.25) is 6.54 Å². The van der Waals surface area contributed by atoms with E-state index in [0.29, 0.717) is 33.5 Å². The molecule has 0 saturated carbocycles. The second kappa shape index (κ2) is 11.0.